The average molecular weight is 290 g/mol. The molecule has 0 saturated heterocycles. The van der Waals surface area contributed by atoms with Crippen molar-refractivity contribution in [2.45, 2.75) is 26.7 Å². The smallest absolute Gasteiger partial charge is 0.222 e. The van der Waals surface area contributed by atoms with E-state index in [9.17, 15) is 9.18 Å². The molecule has 2 aromatic rings. The van der Waals surface area contributed by atoms with Gasteiger partial charge in [-0.25, -0.2) is 4.39 Å². The number of hydrogen-bond donors (Lipinski definition) is 2. The number of hydrogen-bond acceptors (Lipinski definition) is 2. The Morgan fingerprint density at radius 1 is 1.52 bits per heavy atom. The number of H-pyrrole nitrogens is 1. The molecule has 5 heteroatoms. The number of nitrogens with one attached hydrogen (secondary N) is 2. The van der Waals surface area contributed by atoms with E-state index in [4.69, 9.17) is 4.74 Å². The second kappa shape index (κ2) is 5.39. The fraction of sp³-hybridized carbons (Fsp3) is 0.438. The summed E-state index contributed by atoms with van der Waals surface area (Å²) >= 11 is 0. The molecular weight excluding hydrogens is 271 g/mol. The van der Waals surface area contributed by atoms with E-state index in [0.717, 1.165) is 34.9 Å². The van der Waals surface area contributed by atoms with Crippen LogP contribution in [0.2, 0.25) is 0 Å². The summed E-state index contributed by atoms with van der Waals surface area (Å²) in [4.78, 5) is 14.7. The number of amides is 1. The van der Waals surface area contributed by atoms with Gasteiger partial charge in [-0.05, 0) is 12.0 Å². The van der Waals surface area contributed by atoms with Gasteiger partial charge in [0.05, 0.1) is 6.61 Å². The third-order valence-corrected chi connectivity index (χ3v) is 3.87. The SMILES string of the molecule is CC(C)C(=O)NCCc1c[nH]c2cc(F)c3c(c12)CCO3. The predicted octanol–water partition coefficient (Wildman–Crippen LogP) is 2.56. The number of aromatic amines is 1. The van der Waals surface area contributed by atoms with Gasteiger partial charge < -0.3 is 15.0 Å². The molecule has 1 aromatic carbocycles. The van der Waals surface area contributed by atoms with Gasteiger partial charge in [-0.2, -0.15) is 0 Å². The number of ether oxygens (including phenoxy) is 1. The minimum absolute atomic E-state index is 0.0142. The van der Waals surface area contributed by atoms with E-state index >= 15 is 0 Å². The largest absolute Gasteiger partial charge is 0.490 e. The number of fused-ring (bicyclic) bond motifs is 3. The Labute approximate surface area is 122 Å². The van der Waals surface area contributed by atoms with Crippen LogP contribution in [0.4, 0.5) is 4.39 Å². The molecule has 0 aliphatic carbocycles. The highest BCUT2D eigenvalue weighted by Crippen LogP contribution is 2.36. The summed E-state index contributed by atoms with van der Waals surface area (Å²) in [7, 11) is 0. The summed E-state index contributed by atoms with van der Waals surface area (Å²) < 4.78 is 19.3. The molecule has 2 N–H and O–H groups in total. The lowest BCUT2D eigenvalue weighted by Crippen LogP contribution is -2.29. The van der Waals surface area contributed by atoms with Crippen LogP contribution in [0.15, 0.2) is 12.3 Å². The van der Waals surface area contributed by atoms with Gasteiger partial charge in [-0.3, -0.25) is 4.79 Å². The van der Waals surface area contributed by atoms with E-state index in [-0.39, 0.29) is 17.6 Å². The van der Waals surface area contributed by atoms with Crippen LogP contribution >= 0.6 is 0 Å². The van der Waals surface area contributed by atoms with Crippen molar-refractivity contribution in [1.29, 1.82) is 0 Å². The fourth-order valence-corrected chi connectivity index (χ4v) is 2.77. The van der Waals surface area contributed by atoms with Crippen LogP contribution in [0.25, 0.3) is 10.9 Å². The molecule has 1 aromatic heterocycles. The second-order valence-corrected chi connectivity index (χ2v) is 5.70. The lowest BCUT2D eigenvalue weighted by Gasteiger charge is -2.08. The first-order valence-electron chi connectivity index (χ1n) is 7.29. The Bertz CT molecular complexity index is 691. The average Bonchev–Trinajstić information content (AvgIpc) is 3.05. The maximum Gasteiger partial charge on any atom is 0.222 e. The quantitative estimate of drug-likeness (QED) is 0.909. The molecule has 0 saturated carbocycles. The van der Waals surface area contributed by atoms with Gasteiger partial charge in [0.25, 0.3) is 0 Å². The molecular formula is C16H19FN2O2. The summed E-state index contributed by atoms with van der Waals surface area (Å²) in [6.45, 7) is 4.85. The van der Waals surface area contributed by atoms with Crippen molar-refractivity contribution in [1.82, 2.24) is 10.3 Å². The molecule has 1 aliphatic rings. The lowest BCUT2D eigenvalue weighted by atomic mass is 10.0. The summed E-state index contributed by atoms with van der Waals surface area (Å²) in [5, 5.41) is 3.95. The molecule has 112 valence electrons. The second-order valence-electron chi connectivity index (χ2n) is 5.70. The van der Waals surface area contributed by atoms with Crippen LogP contribution in [0, 0.1) is 11.7 Å². The van der Waals surface area contributed by atoms with Gasteiger partial charge in [0, 0.05) is 47.6 Å². The number of rotatable bonds is 4. The van der Waals surface area contributed by atoms with Crippen molar-refractivity contribution in [3.05, 3.63) is 29.2 Å². The molecule has 0 fully saturated rings. The summed E-state index contributed by atoms with van der Waals surface area (Å²) in [6.07, 6.45) is 3.34. The molecule has 1 amide bonds. The Morgan fingerprint density at radius 2 is 2.33 bits per heavy atom. The Balaban J connectivity index is 1.84. The zero-order valence-electron chi connectivity index (χ0n) is 12.3. The summed E-state index contributed by atoms with van der Waals surface area (Å²) in [5.41, 5.74) is 2.83. The zero-order chi connectivity index (χ0) is 15.0. The van der Waals surface area contributed by atoms with E-state index in [1.807, 2.05) is 20.0 Å². The van der Waals surface area contributed by atoms with Crippen molar-refractivity contribution >= 4 is 16.8 Å². The highest BCUT2D eigenvalue weighted by atomic mass is 19.1. The van der Waals surface area contributed by atoms with Crippen molar-refractivity contribution < 1.29 is 13.9 Å². The molecule has 0 atom stereocenters. The van der Waals surface area contributed by atoms with E-state index in [1.165, 1.54) is 6.07 Å². The molecule has 21 heavy (non-hydrogen) atoms. The third kappa shape index (κ3) is 2.48. The lowest BCUT2D eigenvalue weighted by molar-refractivity contribution is -0.123. The minimum Gasteiger partial charge on any atom is -0.490 e. The summed E-state index contributed by atoms with van der Waals surface area (Å²) in [5.74, 6) is 0.111. The minimum atomic E-state index is -0.309. The molecule has 0 unspecified atom stereocenters. The molecule has 2 heterocycles. The monoisotopic (exact) mass is 290 g/mol. The van der Waals surface area contributed by atoms with Gasteiger partial charge >= 0.3 is 0 Å². The number of benzene rings is 1. The van der Waals surface area contributed by atoms with E-state index < -0.39 is 0 Å². The van der Waals surface area contributed by atoms with Crippen LogP contribution < -0.4 is 10.1 Å². The van der Waals surface area contributed by atoms with Crippen molar-refractivity contribution in [3.63, 3.8) is 0 Å². The third-order valence-electron chi connectivity index (χ3n) is 3.87. The first-order valence-corrected chi connectivity index (χ1v) is 7.29. The first kappa shape index (κ1) is 13.9. The van der Waals surface area contributed by atoms with Crippen LogP contribution in [0.5, 0.6) is 5.75 Å². The van der Waals surface area contributed by atoms with Crippen molar-refractivity contribution in [2.75, 3.05) is 13.2 Å². The van der Waals surface area contributed by atoms with E-state index in [1.54, 1.807) is 0 Å². The maximum atomic E-state index is 13.9. The summed E-state index contributed by atoms with van der Waals surface area (Å²) in [6, 6.07) is 1.48. The van der Waals surface area contributed by atoms with E-state index in [0.29, 0.717) is 18.9 Å². The molecule has 1 aliphatic heterocycles. The van der Waals surface area contributed by atoms with Gasteiger partial charge in [0.2, 0.25) is 5.91 Å². The zero-order valence-corrected chi connectivity index (χ0v) is 12.3. The fourth-order valence-electron chi connectivity index (χ4n) is 2.77. The van der Waals surface area contributed by atoms with Crippen LogP contribution in [-0.4, -0.2) is 24.0 Å². The Hall–Kier alpha value is -2.04. The number of halogens is 1. The molecule has 3 rings (SSSR count). The first-order chi connectivity index (χ1) is 10.1. The van der Waals surface area contributed by atoms with Crippen LogP contribution in [-0.2, 0) is 17.6 Å². The highest BCUT2D eigenvalue weighted by Gasteiger charge is 2.22. The maximum absolute atomic E-state index is 13.9. The van der Waals surface area contributed by atoms with Gasteiger partial charge in [-0.15, -0.1) is 0 Å². The van der Waals surface area contributed by atoms with Crippen LogP contribution in [0.3, 0.4) is 0 Å². The molecule has 4 nitrogen and oxygen atoms in total. The predicted molar refractivity (Wildman–Crippen MR) is 79.0 cm³/mol. The van der Waals surface area contributed by atoms with Crippen molar-refractivity contribution in [2.24, 2.45) is 5.92 Å². The number of aromatic nitrogens is 1. The Kier molecular flexibility index (Phi) is 3.57. The molecule has 0 spiro atoms. The van der Waals surface area contributed by atoms with E-state index in [2.05, 4.69) is 10.3 Å². The number of carbonyl (C=O) groups is 1. The number of carbonyl (C=O) groups excluding carboxylic acids is 1. The van der Waals surface area contributed by atoms with Crippen molar-refractivity contribution in [3.8, 4) is 5.75 Å². The van der Waals surface area contributed by atoms with Gasteiger partial charge in [0.1, 0.15) is 0 Å². The molecule has 0 radical (unpaired) electrons. The normalized spacial score (nSPS) is 13.5. The Morgan fingerprint density at radius 3 is 3.10 bits per heavy atom. The van der Waals surface area contributed by atoms with Gasteiger partial charge in [-0.1, -0.05) is 13.8 Å². The highest BCUT2D eigenvalue weighted by molar-refractivity contribution is 5.89. The standard InChI is InChI=1S/C16H19FN2O2/c1-9(2)16(20)18-5-3-10-8-19-13-7-12(17)15-11(14(10)13)4-6-21-15/h7-9,19H,3-6H2,1-2H3,(H,18,20). The van der Waals surface area contributed by atoms with Gasteiger partial charge in [0.15, 0.2) is 11.6 Å². The topological polar surface area (TPSA) is 54.1 Å². The molecule has 0 bridgehead atoms. The van der Waals surface area contributed by atoms with Crippen LogP contribution in [0.1, 0.15) is 25.0 Å².